The first-order chi connectivity index (χ1) is 15.1. The Morgan fingerprint density at radius 1 is 0.806 bits per heavy atom. The minimum atomic E-state index is 0.0584. The molecule has 1 saturated heterocycles. The first kappa shape index (κ1) is 19.6. The summed E-state index contributed by atoms with van der Waals surface area (Å²) in [5.41, 5.74) is 4.52. The Kier molecular flexibility index (Phi) is 5.06. The van der Waals surface area contributed by atoms with E-state index in [9.17, 15) is 4.79 Å². The normalized spacial score (nSPS) is 18.5. The molecule has 1 aliphatic heterocycles. The number of hydrogen-bond acceptors (Lipinski definition) is 2. The maximum Gasteiger partial charge on any atom is 0.223 e. The van der Waals surface area contributed by atoms with E-state index in [1.165, 1.54) is 11.1 Å². The van der Waals surface area contributed by atoms with Gasteiger partial charge in [0, 0.05) is 18.9 Å². The number of fused-ring (bicyclic) bond motifs is 1. The van der Waals surface area contributed by atoms with Crippen molar-refractivity contribution in [2.24, 2.45) is 0 Å². The van der Waals surface area contributed by atoms with Crippen molar-refractivity contribution in [3.05, 3.63) is 102 Å². The molecule has 0 aliphatic carbocycles. The van der Waals surface area contributed by atoms with E-state index in [2.05, 4.69) is 73.0 Å². The number of para-hydroxylation sites is 2. The zero-order valence-corrected chi connectivity index (χ0v) is 18.0. The number of benzene rings is 3. The second-order valence-electron chi connectivity index (χ2n) is 8.45. The lowest BCUT2D eigenvalue weighted by atomic mass is 10.0. The first-order valence-corrected chi connectivity index (χ1v) is 11.0. The lowest BCUT2D eigenvalue weighted by molar-refractivity contribution is -0.129. The number of imidazole rings is 1. The van der Waals surface area contributed by atoms with Crippen LogP contribution in [0.4, 0.5) is 0 Å². The van der Waals surface area contributed by atoms with Gasteiger partial charge in [-0.25, -0.2) is 4.98 Å². The van der Waals surface area contributed by atoms with Crippen molar-refractivity contribution in [2.75, 3.05) is 6.54 Å². The van der Waals surface area contributed by atoms with Gasteiger partial charge in [0.05, 0.1) is 23.1 Å². The Morgan fingerprint density at radius 3 is 2.06 bits per heavy atom. The molecule has 31 heavy (non-hydrogen) atoms. The maximum absolute atomic E-state index is 13.0. The molecule has 0 N–H and O–H groups in total. The largest absolute Gasteiger partial charge is 0.335 e. The Bertz CT molecular complexity index is 1200. The highest BCUT2D eigenvalue weighted by Crippen LogP contribution is 2.37. The van der Waals surface area contributed by atoms with Crippen LogP contribution in [0.3, 0.4) is 0 Å². The van der Waals surface area contributed by atoms with Crippen molar-refractivity contribution < 1.29 is 4.79 Å². The van der Waals surface area contributed by atoms with Gasteiger partial charge in [-0.05, 0) is 37.1 Å². The molecule has 4 aromatic rings. The van der Waals surface area contributed by atoms with Gasteiger partial charge in [-0.3, -0.25) is 4.79 Å². The minimum absolute atomic E-state index is 0.0584. The second-order valence-corrected chi connectivity index (χ2v) is 8.45. The van der Waals surface area contributed by atoms with Crippen LogP contribution in [-0.4, -0.2) is 26.9 Å². The summed E-state index contributed by atoms with van der Waals surface area (Å²) in [6, 6.07) is 29.3. The van der Waals surface area contributed by atoms with Crippen molar-refractivity contribution in [2.45, 2.75) is 38.3 Å². The Labute approximate surface area is 183 Å². The molecule has 1 aliphatic rings. The number of nitrogens with zero attached hydrogens (tertiary/aromatic N) is 3. The summed E-state index contributed by atoms with van der Waals surface area (Å²) in [6.07, 6.45) is 0.502. The molecule has 156 valence electrons. The predicted molar refractivity (Wildman–Crippen MR) is 124 cm³/mol. The Balaban J connectivity index is 1.53. The van der Waals surface area contributed by atoms with Gasteiger partial charge in [0.1, 0.15) is 5.82 Å². The van der Waals surface area contributed by atoms with Crippen LogP contribution in [0.5, 0.6) is 0 Å². The van der Waals surface area contributed by atoms with Crippen molar-refractivity contribution in [3.63, 3.8) is 0 Å². The summed E-state index contributed by atoms with van der Waals surface area (Å²) < 4.78 is 2.33. The van der Waals surface area contributed by atoms with Crippen LogP contribution < -0.4 is 0 Å². The fourth-order valence-corrected chi connectivity index (χ4v) is 4.83. The fourth-order valence-electron chi connectivity index (χ4n) is 4.83. The molecule has 0 spiro atoms. The lowest BCUT2D eigenvalue weighted by Crippen LogP contribution is -2.28. The SMILES string of the molecule is CC(c1ccccc1)N1CC(c2nc3ccccc3n2C(C)c2ccccc2)CC1=O. The number of likely N-dealkylation sites (tertiary alicyclic amines) is 1. The minimum Gasteiger partial charge on any atom is -0.335 e. The van der Waals surface area contributed by atoms with Crippen LogP contribution in [0.15, 0.2) is 84.9 Å². The molecule has 3 atom stereocenters. The lowest BCUT2D eigenvalue weighted by Gasteiger charge is -2.26. The Morgan fingerprint density at radius 2 is 1.39 bits per heavy atom. The van der Waals surface area contributed by atoms with Gasteiger partial charge in [0.2, 0.25) is 5.91 Å². The number of carbonyl (C=O) groups excluding carboxylic acids is 1. The predicted octanol–water partition coefficient (Wildman–Crippen LogP) is 5.72. The second kappa shape index (κ2) is 8.03. The third-order valence-electron chi connectivity index (χ3n) is 6.57. The molecule has 0 bridgehead atoms. The van der Waals surface area contributed by atoms with Crippen molar-refractivity contribution >= 4 is 16.9 Å². The summed E-state index contributed by atoms with van der Waals surface area (Å²) in [5.74, 6) is 1.29. The van der Waals surface area contributed by atoms with Crippen LogP contribution >= 0.6 is 0 Å². The van der Waals surface area contributed by atoms with E-state index in [1.54, 1.807) is 0 Å². The topological polar surface area (TPSA) is 38.1 Å². The average molecular weight is 410 g/mol. The Hall–Kier alpha value is -3.40. The summed E-state index contributed by atoms with van der Waals surface area (Å²) in [5, 5.41) is 0. The van der Waals surface area contributed by atoms with E-state index < -0.39 is 0 Å². The number of carbonyl (C=O) groups is 1. The van der Waals surface area contributed by atoms with E-state index in [1.807, 2.05) is 35.2 Å². The molecule has 1 amide bonds. The highest BCUT2D eigenvalue weighted by atomic mass is 16.2. The fraction of sp³-hybridized carbons (Fsp3) is 0.259. The molecule has 4 heteroatoms. The standard InChI is InChI=1S/C27H27N3O/c1-19(21-11-5-3-6-12-21)29-18-23(17-26(29)31)27-28-24-15-9-10-16-25(24)30(27)20(2)22-13-7-4-8-14-22/h3-16,19-20,23H,17-18H2,1-2H3. The van der Waals surface area contributed by atoms with Gasteiger partial charge in [0.15, 0.2) is 0 Å². The molecule has 1 aromatic heterocycles. The molecule has 0 radical (unpaired) electrons. The summed E-state index contributed by atoms with van der Waals surface area (Å²) in [7, 11) is 0. The monoisotopic (exact) mass is 409 g/mol. The molecule has 0 saturated carbocycles. The maximum atomic E-state index is 13.0. The van der Waals surface area contributed by atoms with Gasteiger partial charge in [0.25, 0.3) is 0 Å². The van der Waals surface area contributed by atoms with E-state index in [0.717, 1.165) is 16.9 Å². The van der Waals surface area contributed by atoms with Crippen LogP contribution in [0.25, 0.3) is 11.0 Å². The van der Waals surface area contributed by atoms with Crippen LogP contribution in [0, 0.1) is 0 Å². The average Bonchev–Trinajstić information content (AvgIpc) is 3.40. The van der Waals surface area contributed by atoms with Gasteiger partial charge >= 0.3 is 0 Å². The summed E-state index contributed by atoms with van der Waals surface area (Å²) in [6.45, 7) is 5.03. The number of aromatic nitrogens is 2. The number of hydrogen-bond donors (Lipinski definition) is 0. The van der Waals surface area contributed by atoms with E-state index in [0.29, 0.717) is 13.0 Å². The third-order valence-corrected chi connectivity index (χ3v) is 6.57. The van der Waals surface area contributed by atoms with Gasteiger partial charge < -0.3 is 9.47 Å². The van der Waals surface area contributed by atoms with E-state index in [4.69, 9.17) is 4.98 Å². The quantitative estimate of drug-likeness (QED) is 0.423. The zero-order chi connectivity index (χ0) is 21.4. The van der Waals surface area contributed by atoms with Crippen molar-refractivity contribution in [1.82, 2.24) is 14.5 Å². The van der Waals surface area contributed by atoms with Gasteiger partial charge in [-0.1, -0.05) is 72.8 Å². The van der Waals surface area contributed by atoms with E-state index >= 15 is 0 Å². The molecular formula is C27H27N3O. The van der Waals surface area contributed by atoms with Gasteiger partial charge in [-0.15, -0.1) is 0 Å². The molecule has 4 nitrogen and oxygen atoms in total. The van der Waals surface area contributed by atoms with Crippen molar-refractivity contribution in [3.8, 4) is 0 Å². The van der Waals surface area contributed by atoms with Crippen molar-refractivity contribution in [1.29, 1.82) is 0 Å². The summed E-state index contributed by atoms with van der Waals surface area (Å²) in [4.78, 5) is 20.1. The smallest absolute Gasteiger partial charge is 0.223 e. The highest BCUT2D eigenvalue weighted by Gasteiger charge is 2.37. The molecule has 3 unspecified atom stereocenters. The zero-order valence-electron chi connectivity index (χ0n) is 18.0. The summed E-state index contributed by atoms with van der Waals surface area (Å²) >= 11 is 0. The van der Waals surface area contributed by atoms with E-state index in [-0.39, 0.29) is 23.9 Å². The molecule has 3 aromatic carbocycles. The van der Waals surface area contributed by atoms with Crippen LogP contribution in [-0.2, 0) is 4.79 Å². The third kappa shape index (κ3) is 3.52. The first-order valence-electron chi connectivity index (χ1n) is 11.0. The number of amides is 1. The molecular weight excluding hydrogens is 382 g/mol. The molecule has 2 heterocycles. The molecule has 5 rings (SSSR count). The van der Waals surface area contributed by atoms with Crippen LogP contribution in [0.2, 0.25) is 0 Å². The number of rotatable bonds is 5. The van der Waals surface area contributed by atoms with Crippen LogP contribution in [0.1, 0.15) is 55.2 Å². The molecule has 1 fully saturated rings. The highest BCUT2D eigenvalue weighted by molar-refractivity contribution is 5.81. The van der Waals surface area contributed by atoms with Gasteiger partial charge in [-0.2, -0.15) is 0 Å².